The Morgan fingerprint density at radius 2 is 1.77 bits per heavy atom. The van der Waals surface area contributed by atoms with Crippen LogP contribution in [0.1, 0.15) is 49.0 Å². The zero-order chi connectivity index (χ0) is 23.0. The summed E-state index contributed by atoms with van der Waals surface area (Å²) in [5.41, 5.74) is 1.99. The molecule has 1 atom stereocenters. The van der Waals surface area contributed by atoms with Crippen LogP contribution in [-0.2, 0) is 14.8 Å². The summed E-state index contributed by atoms with van der Waals surface area (Å²) in [6.45, 7) is 6.19. The van der Waals surface area contributed by atoms with Gasteiger partial charge in [-0.2, -0.15) is 0 Å². The van der Waals surface area contributed by atoms with E-state index in [1.165, 1.54) is 0 Å². The van der Waals surface area contributed by atoms with Crippen LogP contribution >= 0.6 is 0 Å². The minimum absolute atomic E-state index is 0.262. The van der Waals surface area contributed by atoms with Crippen LogP contribution in [0.2, 0.25) is 0 Å². The second kappa shape index (κ2) is 10.9. The van der Waals surface area contributed by atoms with Gasteiger partial charge in [0.2, 0.25) is 15.9 Å². The molecule has 1 unspecified atom stereocenters. The number of nitrogens with zero attached hydrogens (tertiary/aromatic N) is 1. The van der Waals surface area contributed by atoms with Crippen LogP contribution in [0.3, 0.4) is 0 Å². The normalized spacial score (nSPS) is 12.1. The van der Waals surface area contributed by atoms with Crippen LogP contribution in [0.5, 0.6) is 0 Å². The molecule has 0 radical (unpaired) electrons. The molecule has 2 aromatic carbocycles. The van der Waals surface area contributed by atoms with E-state index in [1.807, 2.05) is 19.9 Å². The van der Waals surface area contributed by atoms with Crippen LogP contribution < -0.4 is 14.9 Å². The fourth-order valence-corrected chi connectivity index (χ4v) is 4.51. The zero-order valence-electron chi connectivity index (χ0n) is 18.5. The first-order chi connectivity index (χ1) is 14.7. The molecule has 2 N–H and O–H groups in total. The lowest BCUT2D eigenvalue weighted by Gasteiger charge is -2.30. The summed E-state index contributed by atoms with van der Waals surface area (Å²) in [6.07, 6.45) is 3.16. The van der Waals surface area contributed by atoms with Gasteiger partial charge in [-0.15, -0.1) is 0 Å². The summed E-state index contributed by atoms with van der Waals surface area (Å²) in [6, 6.07) is 12.7. The van der Waals surface area contributed by atoms with Gasteiger partial charge in [0.25, 0.3) is 5.91 Å². The predicted molar refractivity (Wildman–Crippen MR) is 125 cm³/mol. The van der Waals surface area contributed by atoms with Crippen LogP contribution in [0, 0.1) is 6.92 Å². The van der Waals surface area contributed by atoms with E-state index in [1.54, 1.807) is 49.4 Å². The number of aryl methyl sites for hydroxylation is 1. The molecule has 168 valence electrons. The van der Waals surface area contributed by atoms with Crippen molar-refractivity contribution in [1.29, 1.82) is 0 Å². The first kappa shape index (κ1) is 24.4. The van der Waals surface area contributed by atoms with Crippen molar-refractivity contribution >= 4 is 33.2 Å². The summed E-state index contributed by atoms with van der Waals surface area (Å²) >= 11 is 0. The van der Waals surface area contributed by atoms with Gasteiger partial charge >= 0.3 is 0 Å². The van der Waals surface area contributed by atoms with Crippen molar-refractivity contribution < 1.29 is 18.0 Å². The highest BCUT2D eigenvalue weighted by Gasteiger charge is 2.32. The van der Waals surface area contributed by atoms with Gasteiger partial charge in [-0.25, -0.2) is 8.42 Å². The number of unbranched alkanes of at least 4 members (excludes halogenated alkanes) is 1. The minimum atomic E-state index is -3.73. The number of nitrogens with one attached hydrogen (secondary N) is 2. The van der Waals surface area contributed by atoms with Gasteiger partial charge in [0, 0.05) is 6.54 Å². The Bertz CT molecular complexity index is 1020. The predicted octanol–water partition coefficient (Wildman–Crippen LogP) is 3.71. The number of hydrogen-bond acceptors (Lipinski definition) is 4. The summed E-state index contributed by atoms with van der Waals surface area (Å²) in [5.74, 6) is -0.778. The number of para-hydroxylation sites is 1. The molecule has 2 aromatic rings. The lowest BCUT2D eigenvalue weighted by atomic mass is 10.1. The van der Waals surface area contributed by atoms with E-state index in [4.69, 9.17) is 0 Å². The molecular formula is C23H31N3O4S. The molecule has 0 saturated carbocycles. The van der Waals surface area contributed by atoms with E-state index in [0.717, 1.165) is 29.0 Å². The van der Waals surface area contributed by atoms with Crippen LogP contribution in [0.4, 0.5) is 11.4 Å². The molecule has 0 spiro atoms. The van der Waals surface area contributed by atoms with Crippen molar-refractivity contribution in [2.45, 2.75) is 46.1 Å². The second-order valence-corrected chi connectivity index (χ2v) is 9.33. The Morgan fingerprint density at radius 1 is 1.06 bits per heavy atom. The van der Waals surface area contributed by atoms with Crippen molar-refractivity contribution in [3.8, 4) is 0 Å². The Morgan fingerprint density at radius 3 is 2.39 bits per heavy atom. The van der Waals surface area contributed by atoms with E-state index >= 15 is 0 Å². The average Bonchev–Trinajstić information content (AvgIpc) is 2.71. The van der Waals surface area contributed by atoms with E-state index in [-0.39, 0.29) is 12.3 Å². The Kier molecular flexibility index (Phi) is 8.62. The van der Waals surface area contributed by atoms with E-state index in [2.05, 4.69) is 10.6 Å². The summed E-state index contributed by atoms with van der Waals surface area (Å²) in [5, 5.41) is 5.60. The van der Waals surface area contributed by atoms with E-state index < -0.39 is 22.0 Å². The third kappa shape index (κ3) is 6.55. The maximum atomic E-state index is 13.2. The highest BCUT2D eigenvalue weighted by Crippen LogP contribution is 2.25. The molecule has 0 heterocycles. The quantitative estimate of drug-likeness (QED) is 0.545. The third-order valence-corrected chi connectivity index (χ3v) is 6.01. The lowest BCUT2D eigenvalue weighted by molar-refractivity contribution is -0.117. The molecule has 2 rings (SSSR count). The molecule has 7 nitrogen and oxygen atoms in total. The number of rotatable bonds is 10. The van der Waals surface area contributed by atoms with Gasteiger partial charge in [-0.05, 0) is 49.6 Å². The number of sulfonamides is 1. The molecule has 0 aromatic heterocycles. The highest BCUT2D eigenvalue weighted by molar-refractivity contribution is 7.92. The average molecular weight is 446 g/mol. The van der Waals surface area contributed by atoms with Gasteiger partial charge in [0.1, 0.15) is 6.04 Å². The molecule has 2 amide bonds. The van der Waals surface area contributed by atoms with E-state index in [9.17, 15) is 18.0 Å². The van der Waals surface area contributed by atoms with Crippen LogP contribution in [0.25, 0.3) is 0 Å². The molecule has 0 bridgehead atoms. The first-order valence-corrected chi connectivity index (χ1v) is 12.3. The minimum Gasteiger partial charge on any atom is -0.352 e. The smallest absolute Gasteiger partial charge is 0.253 e. The Labute approximate surface area is 184 Å². The molecule has 0 fully saturated rings. The number of anilines is 2. The lowest BCUT2D eigenvalue weighted by Crippen LogP contribution is -2.47. The molecule has 8 heteroatoms. The molecule has 0 aliphatic carbocycles. The van der Waals surface area contributed by atoms with Crippen molar-refractivity contribution in [2.24, 2.45) is 0 Å². The van der Waals surface area contributed by atoms with Crippen molar-refractivity contribution in [2.75, 3.05) is 22.4 Å². The van der Waals surface area contributed by atoms with Gasteiger partial charge < -0.3 is 10.6 Å². The highest BCUT2D eigenvalue weighted by atomic mass is 32.2. The maximum absolute atomic E-state index is 13.2. The van der Waals surface area contributed by atoms with E-state index in [0.29, 0.717) is 23.5 Å². The summed E-state index contributed by atoms with van der Waals surface area (Å²) in [7, 11) is -3.73. The molecule has 31 heavy (non-hydrogen) atoms. The van der Waals surface area contributed by atoms with Crippen LogP contribution in [0.15, 0.2) is 48.5 Å². The van der Waals surface area contributed by atoms with Gasteiger partial charge in [0.15, 0.2) is 0 Å². The number of carbonyl (C=O) groups is 2. The van der Waals surface area contributed by atoms with Crippen molar-refractivity contribution in [3.63, 3.8) is 0 Å². The van der Waals surface area contributed by atoms with Gasteiger partial charge in [-0.3, -0.25) is 13.9 Å². The standard InChI is InChI=1S/C23H31N3O4S/c1-5-7-15-24-22(27)19-13-8-9-14-20(19)25-23(28)21(6-2)26(31(4,29)30)18-12-10-11-17(3)16-18/h8-14,16,21H,5-7,15H2,1-4H3,(H,24,27)(H,25,28). The van der Waals surface area contributed by atoms with Gasteiger partial charge in [0.05, 0.1) is 23.2 Å². The number of hydrogen-bond donors (Lipinski definition) is 2. The second-order valence-electron chi connectivity index (χ2n) is 7.47. The Balaban J connectivity index is 2.33. The Hall–Kier alpha value is -2.87. The van der Waals surface area contributed by atoms with Crippen LogP contribution in [-0.4, -0.2) is 39.1 Å². The number of benzene rings is 2. The first-order valence-electron chi connectivity index (χ1n) is 10.4. The molecule has 0 saturated heterocycles. The molecular weight excluding hydrogens is 414 g/mol. The third-order valence-electron chi connectivity index (χ3n) is 4.83. The van der Waals surface area contributed by atoms with Gasteiger partial charge in [-0.1, -0.05) is 44.5 Å². The van der Waals surface area contributed by atoms with Crippen molar-refractivity contribution in [1.82, 2.24) is 5.32 Å². The summed E-state index contributed by atoms with van der Waals surface area (Å²) < 4.78 is 26.3. The monoisotopic (exact) mass is 445 g/mol. The number of amides is 2. The topological polar surface area (TPSA) is 95.6 Å². The van der Waals surface area contributed by atoms with Crippen molar-refractivity contribution in [3.05, 3.63) is 59.7 Å². The summed E-state index contributed by atoms with van der Waals surface area (Å²) in [4.78, 5) is 25.7. The number of carbonyl (C=O) groups excluding carboxylic acids is 2. The molecule has 0 aliphatic heterocycles. The fraction of sp³-hybridized carbons (Fsp3) is 0.391. The fourth-order valence-electron chi connectivity index (χ4n) is 3.31. The zero-order valence-corrected chi connectivity index (χ0v) is 19.3. The molecule has 0 aliphatic rings. The largest absolute Gasteiger partial charge is 0.352 e. The maximum Gasteiger partial charge on any atom is 0.253 e. The SMILES string of the molecule is CCCCNC(=O)c1ccccc1NC(=O)C(CC)N(c1cccc(C)c1)S(C)(=O)=O.